The first-order chi connectivity index (χ1) is 13.9. The fourth-order valence-electron chi connectivity index (χ4n) is 2.77. The third kappa shape index (κ3) is 8.85. The van der Waals surface area contributed by atoms with Crippen molar-refractivity contribution in [3.63, 3.8) is 0 Å². The smallest absolute Gasteiger partial charge is 0.243 e. The molecule has 0 radical (unpaired) electrons. The maximum Gasteiger partial charge on any atom is 0.243 e. The van der Waals surface area contributed by atoms with Crippen LogP contribution in [-0.2, 0) is 9.59 Å². The van der Waals surface area contributed by atoms with Gasteiger partial charge in [0.05, 0.1) is 13.2 Å². The summed E-state index contributed by atoms with van der Waals surface area (Å²) in [5.41, 5.74) is 3.20. The lowest BCUT2D eigenvalue weighted by Gasteiger charge is -2.18. The summed E-state index contributed by atoms with van der Waals surface area (Å²) in [6.45, 7) is 15.4. The van der Waals surface area contributed by atoms with Gasteiger partial charge in [-0.05, 0) is 81.4 Å². The number of ether oxygens (including phenoxy) is 2. The number of carbonyl (C=O) groups is 2. The summed E-state index contributed by atoms with van der Waals surface area (Å²) in [6.07, 6.45) is 5.97. The van der Waals surface area contributed by atoms with E-state index < -0.39 is 0 Å². The van der Waals surface area contributed by atoms with Crippen molar-refractivity contribution >= 4 is 11.8 Å². The van der Waals surface area contributed by atoms with Gasteiger partial charge in [0.1, 0.15) is 11.5 Å². The van der Waals surface area contributed by atoms with Gasteiger partial charge in [-0.1, -0.05) is 13.2 Å². The van der Waals surface area contributed by atoms with Crippen LogP contribution in [0, 0.1) is 20.8 Å². The van der Waals surface area contributed by atoms with Crippen LogP contribution >= 0.6 is 0 Å². The molecular formula is C23H34N2O4. The van der Waals surface area contributed by atoms with Crippen LogP contribution in [0.2, 0.25) is 0 Å². The van der Waals surface area contributed by atoms with Gasteiger partial charge < -0.3 is 20.1 Å². The van der Waals surface area contributed by atoms with Crippen LogP contribution in [0.4, 0.5) is 0 Å². The second-order valence-electron chi connectivity index (χ2n) is 6.87. The molecule has 29 heavy (non-hydrogen) atoms. The molecule has 0 bridgehead atoms. The quantitative estimate of drug-likeness (QED) is 0.369. The molecule has 2 N–H and O–H groups in total. The number of hydrogen-bond donors (Lipinski definition) is 2. The van der Waals surface area contributed by atoms with E-state index in [0.717, 1.165) is 53.9 Å². The zero-order valence-electron chi connectivity index (χ0n) is 17.9. The second-order valence-corrected chi connectivity index (χ2v) is 6.87. The summed E-state index contributed by atoms with van der Waals surface area (Å²) < 4.78 is 11.9. The molecule has 6 heteroatoms. The van der Waals surface area contributed by atoms with Gasteiger partial charge in [0.15, 0.2) is 0 Å². The maximum absolute atomic E-state index is 11.1. The largest absolute Gasteiger partial charge is 0.493 e. The predicted octanol–water partition coefficient (Wildman–Crippen LogP) is 3.53. The molecule has 0 saturated heterocycles. The highest BCUT2D eigenvalue weighted by Gasteiger charge is 2.12. The van der Waals surface area contributed by atoms with E-state index in [1.54, 1.807) is 0 Å². The minimum absolute atomic E-state index is 0.148. The van der Waals surface area contributed by atoms with E-state index in [1.165, 1.54) is 12.2 Å². The Labute approximate surface area is 174 Å². The zero-order valence-corrected chi connectivity index (χ0v) is 17.9. The third-order valence-electron chi connectivity index (χ3n) is 4.59. The molecule has 0 aliphatic carbocycles. The molecule has 1 aromatic rings. The van der Waals surface area contributed by atoms with Gasteiger partial charge >= 0.3 is 0 Å². The minimum atomic E-state index is -0.148. The molecule has 0 aromatic heterocycles. The lowest BCUT2D eigenvalue weighted by molar-refractivity contribution is -0.117. The Bertz CT molecular complexity index is 713. The molecule has 1 rings (SSSR count). The number of unbranched alkanes of at least 4 members (excludes halogenated alkanes) is 2. The summed E-state index contributed by atoms with van der Waals surface area (Å²) in [5.74, 6) is 1.47. The lowest BCUT2D eigenvalue weighted by Crippen LogP contribution is -2.22. The molecule has 0 heterocycles. The Morgan fingerprint density at radius 1 is 0.862 bits per heavy atom. The monoisotopic (exact) mass is 402 g/mol. The van der Waals surface area contributed by atoms with E-state index in [9.17, 15) is 9.59 Å². The van der Waals surface area contributed by atoms with Crippen LogP contribution in [0.15, 0.2) is 31.4 Å². The van der Waals surface area contributed by atoms with E-state index in [4.69, 9.17) is 9.47 Å². The Balaban J connectivity index is 2.43. The van der Waals surface area contributed by atoms with Crippen molar-refractivity contribution in [2.24, 2.45) is 0 Å². The first-order valence-electron chi connectivity index (χ1n) is 10.1. The van der Waals surface area contributed by atoms with Gasteiger partial charge in [-0.2, -0.15) is 0 Å². The number of hydrogen-bond acceptors (Lipinski definition) is 4. The Hall–Kier alpha value is -2.76. The van der Waals surface area contributed by atoms with Gasteiger partial charge in [0.2, 0.25) is 11.8 Å². The molecule has 0 atom stereocenters. The van der Waals surface area contributed by atoms with E-state index in [2.05, 4.69) is 23.8 Å². The molecular weight excluding hydrogens is 368 g/mol. The fourth-order valence-corrected chi connectivity index (χ4v) is 2.77. The van der Waals surface area contributed by atoms with Gasteiger partial charge in [-0.25, -0.2) is 0 Å². The summed E-state index contributed by atoms with van der Waals surface area (Å²) >= 11 is 0. The molecule has 2 amide bonds. The van der Waals surface area contributed by atoms with Gasteiger partial charge in [-0.3, -0.25) is 9.59 Å². The Morgan fingerprint density at radius 3 is 1.90 bits per heavy atom. The average Bonchev–Trinajstić information content (AvgIpc) is 2.72. The highest BCUT2D eigenvalue weighted by molar-refractivity contribution is 5.87. The summed E-state index contributed by atoms with van der Waals surface area (Å²) in [4.78, 5) is 22.2. The number of aryl methyl sites for hydroxylation is 1. The van der Waals surface area contributed by atoms with Gasteiger partial charge in [-0.15, -0.1) is 0 Å². The highest BCUT2D eigenvalue weighted by Crippen LogP contribution is 2.33. The lowest BCUT2D eigenvalue weighted by atomic mass is 10.0. The van der Waals surface area contributed by atoms with Gasteiger partial charge in [0, 0.05) is 13.1 Å². The fraction of sp³-hybridized carbons (Fsp3) is 0.478. The first-order valence-corrected chi connectivity index (χ1v) is 10.1. The van der Waals surface area contributed by atoms with Crippen molar-refractivity contribution in [3.8, 4) is 11.5 Å². The van der Waals surface area contributed by atoms with Gasteiger partial charge in [0.25, 0.3) is 0 Å². The standard InChI is InChI=1S/C23H34N2O4/c1-6-21(26)24-12-8-10-14-28-20-16-17(3)23(19(5)18(20)4)29-15-11-9-13-25-22(27)7-2/h6-7,16H,1-2,8-15H2,3-5H3,(H,24,26)(H,25,27). The summed E-state index contributed by atoms with van der Waals surface area (Å²) in [6, 6.07) is 2.02. The molecule has 6 nitrogen and oxygen atoms in total. The van der Waals surface area contributed by atoms with Crippen molar-refractivity contribution < 1.29 is 19.1 Å². The molecule has 0 spiro atoms. The highest BCUT2D eigenvalue weighted by atomic mass is 16.5. The Kier molecular flexibility index (Phi) is 11.2. The van der Waals surface area contributed by atoms with E-state index in [-0.39, 0.29) is 11.8 Å². The van der Waals surface area contributed by atoms with Crippen molar-refractivity contribution in [1.82, 2.24) is 10.6 Å². The normalized spacial score (nSPS) is 10.2. The SMILES string of the molecule is C=CC(=O)NCCCCOc1cc(C)c(OCCCCNC(=O)C=C)c(C)c1C. The van der Waals surface area contributed by atoms with E-state index >= 15 is 0 Å². The van der Waals surface area contributed by atoms with Crippen LogP contribution in [-0.4, -0.2) is 38.1 Å². The number of amides is 2. The van der Waals surface area contributed by atoms with Crippen LogP contribution in [0.25, 0.3) is 0 Å². The van der Waals surface area contributed by atoms with E-state index in [1.807, 2.05) is 26.8 Å². The van der Waals surface area contributed by atoms with E-state index in [0.29, 0.717) is 26.3 Å². The maximum atomic E-state index is 11.1. The van der Waals surface area contributed by atoms with Crippen molar-refractivity contribution in [2.45, 2.75) is 46.5 Å². The van der Waals surface area contributed by atoms with Crippen LogP contribution in [0.5, 0.6) is 11.5 Å². The van der Waals surface area contributed by atoms with Crippen LogP contribution in [0.1, 0.15) is 42.4 Å². The molecule has 0 aliphatic rings. The van der Waals surface area contributed by atoms with Crippen molar-refractivity contribution in [2.75, 3.05) is 26.3 Å². The molecule has 0 unspecified atom stereocenters. The minimum Gasteiger partial charge on any atom is -0.493 e. The zero-order chi connectivity index (χ0) is 21.6. The third-order valence-corrected chi connectivity index (χ3v) is 4.59. The van der Waals surface area contributed by atoms with Crippen molar-refractivity contribution in [1.29, 1.82) is 0 Å². The molecule has 0 aliphatic heterocycles. The molecule has 160 valence electrons. The summed E-state index contributed by atoms with van der Waals surface area (Å²) in [7, 11) is 0. The topological polar surface area (TPSA) is 76.7 Å². The predicted molar refractivity (Wildman–Crippen MR) is 117 cm³/mol. The first kappa shape index (κ1) is 24.3. The summed E-state index contributed by atoms with van der Waals surface area (Å²) in [5, 5.41) is 5.51. The number of benzene rings is 1. The number of nitrogens with one attached hydrogen (secondary N) is 2. The molecule has 1 aromatic carbocycles. The molecule has 0 saturated carbocycles. The Morgan fingerprint density at radius 2 is 1.38 bits per heavy atom. The second kappa shape index (κ2) is 13.4. The molecule has 0 fully saturated rings. The average molecular weight is 403 g/mol. The number of carbonyl (C=O) groups excluding carboxylic acids is 2. The number of rotatable bonds is 14. The van der Waals surface area contributed by atoms with Crippen LogP contribution in [0.3, 0.4) is 0 Å². The van der Waals surface area contributed by atoms with Crippen molar-refractivity contribution in [3.05, 3.63) is 48.1 Å². The van der Waals surface area contributed by atoms with Crippen LogP contribution < -0.4 is 20.1 Å².